The van der Waals surface area contributed by atoms with Crippen molar-refractivity contribution >= 4 is 5.96 Å². The summed E-state index contributed by atoms with van der Waals surface area (Å²) in [6.45, 7) is 5.98. The Morgan fingerprint density at radius 3 is 2.61 bits per heavy atom. The summed E-state index contributed by atoms with van der Waals surface area (Å²) >= 11 is 0. The second-order valence-corrected chi connectivity index (χ2v) is 4.91. The van der Waals surface area contributed by atoms with Crippen LogP contribution in [-0.2, 0) is 6.42 Å². The first kappa shape index (κ1) is 12.9. The fourth-order valence-corrected chi connectivity index (χ4v) is 1.79. The van der Waals surface area contributed by atoms with Crippen molar-refractivity contribution in [2.75, 3.05) is 13.1 Å². The third-order valence-electron chi connectivity index (χ3n) is 3.05. The van der Waals surface area contributed by atoms with E-state index in [1.165, 1.54) is 24.0 Å². The van der Waals surface area contributed by atoms with Gasteiger partial charge in [-0.1, -0.05) is 29.8 Å². The molecule has 0 aromatic heterocycles. The van der Waals surface area contributed by atoms with Crippen LogP contribution in [0.4, 0.5) is 0 Å². The Balaban J connectivity index is 1.81. The van der Waals surface area contributed by atoms with E-state index in [0.29, 0.717) is 6.04 Å². The topological polar surface area (TPSA) is 36.4 Å². The van der Waals surface area contributed by atoms with Crippen LogP contribution in [0.3, 0.4) is 0 Å². The van der Waals surface area contributed by atoms with Gasteiger partial charge in [0, 0.05) is 19.1 Å². The summed E-state index contributed by atoms with van der Waals surface area (Å²) in [7, 11) is 0. The molecule has 0 radical (unpaired) electrons. The van der Waals surface area contributed by atoms with Crippen LogP contribution in [0.25, 0.3) is 0 Å². The fourth-order valence-electron chi connectivity index (χ4n) is 1.79. The molecule has 3 heteroatoms. The van der Waals surface area contributed by atoms with Gasteiger partial charge < -0.3 is 10.6 Å². The normalized spacial score (nSPS) is 15.6. The van der Waals surface area contributed by atoms with Crippen LogP contribution < -0.4 is 10.6 Å². The number of aliphatic imine (C=N–C) groups is 1. The van der Waals surface area contributed by atoms with Gasteiger partial charge in [-0.3, -0.25) is 4.99 Å². The molecule has 1 aromatic rings. The van der Waals surface area contributed by atoms with Gasteiger partial charge in [-0.15, -0.1) is 0 Å². The molecule has 0 saturated heterocycles. The summed E-state index contributed by atoms with van der Waals surface area (Å²) in [4.78, 5) is 4.61. The van der Waals surface area contributed by atoms with E-state index >= 15 is 0 Å². The smallest absolute Gasteiger partial charge is 0.191 e. The number of nitrogens with one attached hydrogen (secondary N) is 2. The molecule has 0 heterocycles. The minimum atomic E-state index is 0.655. The van der Waals surface area contributed by atoms with Crippen molar-refractivity contribution in [2.24, 2.45) is 4.99 Å². The van der Waals surface area contributed by atoms with Crippen LogP contribution in [0.5, 0.6) is 0 Å². The highest BCUT2D eigenvalue weighted by atomic mass is 15.2. The van der Waals surface area contributed by atoms with Gasteiger partial charge >= 0.3 is 0 Å². The molecular weight excluding hydrogens is 222 g/mol. The fraction of sp³-hybridized carbons (Fsp3) is 0.533. The highest BCUT2D eigenvalue weighted by molar-refractivity contribution is 5.80. The zero-order valence-corrected chi connectivity index (χ0v) is 11.4. The Morgan fingerprint density at radius 1 is 1.28 bits per heavy atom. The van der Waals surface area contributed by atoms with Crippen LogP contribution in [0, 0.1) is 6.92 Å². The predicted octanol–water partition coefficient (Wildman–Crippen LogP) is 2.26. The molecule has 0 amide bonds. The van der Waals surface area contributed by atoms with E-state index < -0.39 is 0 Å². The average molecular weight is 245 g/mol. The summed E-state index contributed by atoms with van der Waals surface area (Å²) in [5.41, 5.74) is 2.66. The van der Waals surface area contributed by atoms with Crippen molar-refractivity contribution in [3.8, 4) is 0 Å². The second kappa shape index (κ2) is 6.43. The molecular formula is C15H23N3. The first-order valence-electron chi connectivity index (χ1n) is 6.88. The van der Waals surface area contributed by atoms with E-state index in [1.807, 2.05) is 0 Å². The molecule has 3 nitrogen and oxygen atoms in total. The summed E-state index contributed by atoms with van der Waals surface area (Å²) in [6.07, 6.45) is 3.56. The zero-order chi connectivity index (χ0) is 12.8. The van der Waals surface area contributed by atoms with Crippen LogP contribution in [0.1, 0.15) is 30.9 Å². The minimum Gasteiger partial charge on any atom is -0.357 e. The van der Waals surface area contributed by atoms with E-state index in [0.717, 1.165) is 25.5 Å². The van der Waals surface area contributed by atoms with Crippen LogP contribution in [0.2, 0.25) is 0 Å². The first-order valence-corrected chi connectivity index (χ1v) is 6.88. The largest absolute Gasteiger partial charge is 0.357 e. The van der Waals surface area contributed by atoms with Gasteiger partial charge in [0.1, 0.15) is 0 Å². The van der Waals surface area contributed by atoms with Gasteiger partial charge in [0.25, 0.3) is 0 Å². The SMILES string of the molecule is CCNC(=NCCc1ccc(C)cc1)NC1CC1. The lowest BCUT2D eigenvalue weighted by Crippen LogP contribution is -2.38. The molecule has 0 bridgehead atoms. The monoisotopic (exact) mass is 245 g/mol. The number of hydrogen-bond acceptors (Lipinski definition) is 1. The maximum Gasteiger partial charge on any atom is 0.191 e. The number of benzene rings is 1. The average Bonchev–Trinajstić information content (AvgIpc) is 3.16. The second-order valence-electron chi connectivity index (χ2n) is 4.91. The molecule has 18 heavy (non-hydrogen) atoms. The Bertz CT molecular complexity index is 391. The number of guanidine groups is 1. The van der Waals surface area contributed by atoms with Gasteiger partial charge in [-0.25, -0.2) is 0 Å². The van der Waals surface area contributed by atoms with Gasteiger partial charge in [-0.2, -0.15) is 0 Å². The summed E-state index contributed by atoms with van der Waals surface area (Å²) in [5.74, 6) is 0.965. The third kappa shape index (κ3) is 4.40. The highest BCUT2D eigenvalue weighted by Crippen LogP contribution is 2.18. The molecule has 1 saturated carbocycles. The summed E-state index contributed by atoms with van der Waals surface area (Å²) < 4.78 is 0. The summed E-state index contributed by atoms with van der Waals surface area (Å²) in [5, 5.41) is 6.71. The summed E-state index contributed by atoms with van der Waals surface area (Å²) in [6, 6.07) is 9.35. The van der Waals surface area contributed by atoms with Crippen LogP contribution in [0.15, 0.2) is 29.3 Å². The third-order valence-corrected chi connectivity index (χ3v) is 3.05. The van der Waals surface area contributed by atoms with Crippen molar-refractivity contribution in [3.63, 3.8) is 0 Å². The minimum absolute atomic E-state index is 0.655. The van der Waals surface area contributed by atoms with E-state index in [-0.39, 0.29) is 0 Å². The molecule has 0 aliphatic heterocycles. The molecule has 1 fully saturated rings. The van der Waals surface area contributed by atoms with Crippen molar-refractivity contribution in [1.29, 1.82) is 0 Å². The van der Waals surface area contributed by atoms with E-state index in [1.54, 1.807) is 0 Å². The van der Waals surface area contributed by atoms with Crippen molar-refractivity contribution in [1.82, 2.24) is 10.6 Å². The Labute approximate surface area is 110 Å². The molecule has 1 aliphatic rings. The van der Waals surface area contributed by atoms with Crippen molar-refractivity contribution < 1.29 is 0 Å². The molecule has 2 N–H and O–H groups in total. The van der Waals surface area contributed by atoms with Gasteiger partial charge in [0.2, 0.25) is 0 Å². The molecule has 1 aromatic carbocycles. The molecule has 0 spiro atoms. The number of hydrogen-bond donors (Lipinski definition) is 2. The quantitative estimate of drug-likeness (QED) is 0.616. The van der Waals surface area contributed by atoms with Gasteiger partial charge in [-0.05, 0) is 38.7 Å². The van der Waals surface area contributed by atoms with Crippen LogP contribution in [-0.4, -0.2) is 25.1 Å². The highest BCUT2D eigenvalue weighted by Gasteiger charge is 2.21. The molecule has 1 aliphatic carbocycles. The number of aryl methyl sites for hydroxylation is 1. The molecule has 98 valence electrons. The lowest BCUT2D eigenvalue weighted by Gasteiger charge is -2.10. The van der Waals surface area contributed by atoms with E-state index in [4.69, 9.17) is 0 Å². The molecule has 2 rings (SSSR count). The van der Waals surface area contributed by atoms with Gasteiger partial charge in [0.05, 0.1) is 0 Å². The van der Waals surface area contributed by atoms with Crippen molar-refractivity contribution in [2.45, 2.75) is 39.2 Å². The molecule has 0 atom stereocenters. The maximum absolute atomic E-state index is 4.61. The van der Waals surface area contributed by atoms with Crippen LogP contribution >= 0.6 is 0 Å². The van der Waals surface area contributed by atoms with E-state index in [2.05, 4.69) is 53.7 Å². The zero-order valence-electron chi connectivity index (χ0n) is 11.4. The molecule has 0 unspecified atom stereocenters. The Hall–Kier alpha value is -1.51. The van der Waals surface area contributed by atoms with Crippen molar-refractivity contribution in [3.05, 3.63) is 35.4 Å². The predicted molar refractivity (Wildman–Crippen MR) is 77.0 cm³/mol. The Kier molecular flexibility index (Phi) is 4.62. The number of nitrogens with zero attached hydrogens (tertiary/aromatic N) is 1. The lowest BCUT2D eigenvalue weighted by molar-refractivity contribution is 0.808. The lowest BCUT2D eigenvalue weighted by atomic mass is 10.1. The standard InChI is InChI=1S/C15H23N3/c1-3-16-15(18-14-8-9-14)17-11-10-13-6-4-12(2)5-7-13/h4-7,14H,3,8-11H2,1-2H3,(H2,16,17,18). The maximum atomic E-state index is 4.61. The van der Waals surface area contributed by atoms with E-state index in [9.17, 15) is 0 Å². The van der Waals surface area contributed by atoms with Gasteiger partial charge in [0.15, 0.2) is 5.96 Å². The number of rotatable bonds is 5. The Morgan fingerprint density at radius 2 is 2.00 bits per heavy atom. The first-order chi connectivity index (χ1) is 8.78.